The number of rotatable bonds is 5. The summed E-state index contributed by atoms with van der Waals surface area (Å²) in [7, 11) is 0. The van der Waals surface area contributed by atoms with Crippen molar-refractivity contribution in [1.29, 1.82) is 0 Å². The molecule has 21 heavy (non-hydrogen) atoms. The molecule has 0 saturated carbocycles. The Kier molecular flexibility index (Phi) is 3.79. The van der Waals surface area contributed by atoms with E-state index in [2.05, 4.69) is 27.1 Å². The van der Waals surface area contributed by atoms with Crippen molar-refractivity contribution in [2.75, 3.05) is 11.9 Å². The lowest BCUT2D eigenvalue weighted by Gasteiger charge is -2.06. The number of hydrogen-bond donors (Lipinski definition) is 1. The molecule has 5 nitrogen and oxygen atoms in total. The molecule has 1 aromatic carbocycles. The zero-order chi connectivity index (χ0) is 14.7. The first-order valence-electron chi connectivity index (χ1n) is 6.52. The van der Waals surface area contributed by atoms with Crippen LogP contribution in [0, 0.1) is 10.1 Å². The van der Waals surface area contributed by atoms with E-state index in [4.69, 9.17) is 0 Å². The lowest BCUT2D eigenvalue weighted by molar-refractivity contribution is -0.384. The van der Waals surface area contributed by atoms with Crippen molar-refractivity contribution >= 4 is 33.7 Å². The molecule has 0 bridgehead atoms. The first-order valence-corrected chi connectivity index (χ1v) is 7.47. The highest BCUT2D eigenvalue weighted by Crippen LogP contribution is 2.21. The number of pyridine rings is 1. The Morgan fingerprint density at radius 3 is 2.90 bits per heavy atom. The van der Waals surface area contributed by atoms with Crippen LogP contribution < -0.4 is 5.32 Å². The summed E-state index contributed by atoms with van der Waals surface area (Å²) in [5.74, 6) is 0.784. The fourth-order valence-corrected chi connectivity index (χ4v) is 2.80. The van der Waals surface area contributed by atoms with E-state index in [-0.39, 0.29) is 5.69 Å². The van der Waals surface area contributed by atoms with Crippen LogP contribution in [0.25, 0.3) is 10.9 Å². The van der Waals surface area contributed by atoms with Crippen molar-refractivity contribution in [2.45, 2.75) is 6.42 Å². The highest BCUT2D eigenvalue weighted by Gasteiger charge is 2.07. The number of thiophene rings is 1. The Morgan fingerprint density at radius 1 is 1.24 bits per heavy atom. The van der Waals surface area contributed by atoms with Crippen LogP contribution in [0.1, 0.15) is 5.56 Å². The van der Waals surface area contributed by atoms with Crippen LogP contribution in [0.4, 0.5) is 11.5 Å². The molecule has 0 aliphatic heterocycles. The van der Waals surface area contributed by atoms with E-state index in [1.165, 1.54) is 17.7 Å². The molecule has 106 valence electrons. The molecule has 0 radical (unpaired) electrons. The predicted octanol–water partition coefficient (Wildman–Crippen LogP) is 3.86. The van der Waals surface area contributed by atoms with Gasteiger partial charge in [0.25, 0.3) is 5.69 Å². The van der Waals surface area contributed by atoms with E-state index in [1.807, 2.05) is 12.1 Å². The average Bonchev–Trinajstić information content (AvgIpc) is 3.00. The van der Waals surface area contributed by atoms with Crippen molar-refractivity contribution in [3.05, 3.63) is 62.8 Å². The van der Waals surface area contributed by atoms with Gasteiger partial charge in [-0.05, 0) is 47.0 Å². The molecule has 0 atom stereocenters. The number of anilines is 1. The Labute approximate surface area is 125 Å². The number of fused-ring (bicyclic) bond motifs is 1. The summed E-state index contributed by atoms with van der Waals surface area (Å²) in [4.78, 5) is 14.8. The van der Waals surface area contributed by atoms with E-state index in [1.54, 1.807) is 17.4 Å². The van der Waals surface area contributed by atoms with Gasteiger partial charge >= 0.3 is 0 Å². The predicted molar refractivity (Wildman–Crippen MR) is 84.9 cm³/mol. The number of nitrogens with zero attached hydrogens (tertiary/aromatic N) is 2. The Hall–Kier alpha value is -2.47. The second kappa shape index (κ2) is 5.88. The number of nitrogens with one attached hydrogen (secondary N) is 1. The van der Waals surface area contributed by atoms with Crippen molar-refractivity contribution in [1.82, 2.24) is 4.98 Å². The second-order valence-corrected chi connectivity index (χ2v) is 5.42. The van der Waals surface area contributed by atoms with Gasteiger partial charge in [0.15, 0.2) is 0 Å². The lowest BCUT2D eigenvalue weighted by atomic mass is 10.2. The molecule has 0 aliphatic carbocycles. The van der Waals surface area contributed by atoms with Crippen LogP contribution in [-0.4, -0.2) is 16.5 Å². The fraction of sp³-hybridized carbons (Fsp3) is 0.133. The van der Waals surface area contributed by atoms with Crippen LogP contribution in [0.3, 0.4) is 0 Å². The Morgan fingerprint density at radius 2 is 2.14 bits per heavy atom. The van der Waals surface area contributed by atoms with Gasteiger partial charge in [-0.2, -0.15) is 11.3 Å². The molecular weight excluding hydrogens is 286 g/mol. The summed E-state index contributed by atoms with van der Waals surface area (Å²) in [5, 5.41) is 19.0. The normalized spacial score (nSPS) is 10.7. The third-order valence-corrected chi connectivity index (χ3v) is 3.92. The van der Waals surface area contributed by atoms with Crippen molar-refractivity contribution < 1.29 is 4.92 Å². The average molecular weight is 299 g/mol. The van der Waals surface area contributed by atoms with Gasteiger partial charge in [0.1, 0.15) is 5.82 Å². The highest BCUT2D eigenvalue weighted by atomic mass is 32.1. The maximum absolute atomic E-state index is 10.7. The molecular formula is C15H13N3O2S. The highest BCUT2D eigenvalue weighted by molar-refractivity contribution is 7.07. The first kappa shape index (κ1) is 13.5. The molecule has 2 aromatic heterocycles. The summed E-state index contributed by atoms with van der Waals surface area (Å²) in [6.07, 6.45) is 0.948. The quantitative estimate of drug-likeness (QED) is 0.574. The summed E-state index contributed by atoms with van der Waals surface area (Å²) < 4.78 is 0. The van der Waals surface area contributed by atoms with E-state index < -0.39 is 4.92 Å². The second-order valence-electron chi connectivity index (χ2n) is 4.64. The number of benzene rings is 1. The zero-order valence-corrected chi connectivity index (χ0v) is 12.0. The lowest BCUT2D eigenvalue weighted by Crippen LogP contribution is -2.05. The minimum absolute atomic E-state index is 0.0856. The third kappa shape index (κ3) is 3.17. The smallest absolute Gasteiger partial charge is 0.270 e. The molecule has 2 heterocycles. The Balaban J connectivity index is 1.72. The molecule has 0 amide bonds. The molecule has 0 unspecified atom stereocenters. The minimum atomic E-state index is -0.396. The number of nitro benzene ring substituents is 1. The summed E-state index contributed by atoms with van der Waals surface area (Å²) in [6, 6.07) is 10.5. The SMILES string of the molecule is O=[N+]([O-])c1ccc2nc(NCCc3ccsc3)ccc2c1. The van der Waals surface area contributed by atoms with E-state index in [0.29, 0.717) is 0 Å². The largest absolute Gasteiger partial charge is 0.370 e. The molecule has 3 rings (SSSR count). The molecule has 1 N–H and O–H groups in total. The molecule has 0 saturated heterocycles. The van der Waals surface area contributed by atoms with Crippen LogP contribution in [0.15, 0.2) is 47.2 Å². The van der Waals surface area contributed by atoms with Gasteiger partial charge in [-0.1, -0.05) is 0 Å². The topological polar surface area (TPSA) is 68.1 Å². The molecule has 3 aromatic rings. The van der Waals surface area contributed by atoms with Gasteiger partial charge in [0, 0.05) is 24.1 Å². The maximum atomic E-state index is 10.7. The van der Waals surface area contributed by atoms with Gasteiger partial charge in [-0.3, -0.25) is 10.1 Å². The fourth-order valence-electron chi connectivity index (χ4n) is 2.09. The standard InChI is InChI=1S/C15H13N3O2S/c19-18(20)13-2-3-14-12(9-13)1-4-15(17-14)16-7-5-11-6-8-21-10-11/h1-4,6,8-10H,5,7H2,(H,16,17). The third-order valence-electron chi connectivity index (χ3n) is 3.18. The number of non-ortho nitro benzene ring substituents is 1. The van der Waals surface area contributed by atoms with Crippen molar-refractivity contribution in [3.8, 4) is 0 Å². The van der Waals surface area contributed by atoms with E-state index in [9.17, 15) is 10.1 Å². The molecule has 0 spiro atoms. The number of hydrogen-bond acceptors (Lipinski definition) is 5. The van der Waals surface area contributed by atoms with Crippen molar-refractivity contribution in [2.24, 2.45) is 0 Å². The van der Waals surface area contributed by atoms with E-state index >= 15 is 0 Å². The monoisotopic (exact) mass is 299 g/mol. The van der Waals surface area contributed by atoms with Crippen LogP contribution in [0.5, 0.6) is 0 Å². The summed E-state index contributed by atoms with van der Waals surface area (Å²) in [6.45, 7) is 0.808. The Bertz CT molecular complexity index is 772. The van der Waals surface area contributed by atoms with Crippen LogP contribution >= 0.6 is 11.3 Å². The van der Waals surface area contributed by atoms with Crippen LogP contribution in [-0.2, 0) is 6.42 Å². The van der Waals surface area contributed by atoms with Gasteiger partial charge in [0.2, 0.25) is 0 Å². The zero-order valence-electron chi connectivity index (χ0n) is 11.2. The summed E-state index contributed by atoms with van der Waals surface area (Å²) in [5.41, 5.74) is 2.15. The van der Waals surface area contributed by atoms with Gasteiger partial charge in [-0.15, -0.1) is 0 Å². The molecule has 0 aliphatic rings. The summed E-state index contributed by atoms with van der Waals surface area (Å²) >= 11 is 1.69. The van der Waals surface area contributed by atoms with Crippen molar-refractivity contribution in [3.63, 3.8) is 0 Å². The van der Waals surface area contributed by atoms with Gasteiger partial charge in [-0.25, -0.2) is 4.98 Å². The van der Waals surface area contributed by atoms with Crippen LogP contribution in [0.2, 0.25) is 0 Å². The molecule has 6 heteroatoms. The first-order chi connectivity index (χ1) is 10.2. The minimum Gasteiger partial charge on any atom is -0.370 e. The molecule has 0 fully saturated rings. The maximum Gasteiger partial charge on any atom is 0.270 e. The van der Waals surface area contributed by atoms with Gasteiger partial charge in [0.05, 0.1) is 10.4 Å². The van der Waals surface area contributed by atoms with Gasteiger partial charge < -0.3 is 5.32 Å². The van der Waals surface area contributed by atoms with E-state index in [0.717, 1.165) is 29.7 Å². The number of aromatic nitrogens is 1. The number of nitro groups is 1.